The Kier molecular flexibility index (Phi) is 3.26. The summed E-state index contributed by atoms with van der Waals surface area (Å²) < 4.78 is 0. The van der Waals surface area contributed by atoms with E-state index < -0.39 is 0 Å². The fourth-order valence-electron chi connectivity index (χ4n) is 1.23. The van der Waals surface area contributed by atoms with Gasteiger partial charge in [0.2, 0.25) is 0 Å². The number of rotatable bonds is 3. The molecule has 0 bridgehead atoms. The van der Waals surface area contributed by atoms with Crippen LogP contribution in [0.1, 0.15) is 23.7 Å². The Morgan fingerprint density at radius 2 is 2.08 bits per heavy atom. The number of hydrogen-bond donors (Lipinski definition) is 0. The lowest BCUT2D eigenvalue weighted by Crippen LogP contribution is -2.22. The zero-order chi connectivity index (χ0) is 9.84. The summed E-state index contributed by atoms with van der Waals surface area (Å²) in [5.74, 6) is 0.843. The molecule has 0 spiro atoms. The highest BCUT2D eigenvalue weighted by Crippen LogP contribution is 2.24. The first kappa shape index (κ1) is 10.0. The van der Waals surface area contributed by atoms with Crippen molar-refractivity contribution in [1.82, 2.24) is 4.98 Å². The van der Waals surface area contributed by atoms with Gasteiger partial charge in [0.25, 0.3) is 0 Å². The summed E-state index contributed by atoms with van der Waals surface area (Å²) in [4.78, 5) is 7.17. The van der Waals surface area contributed by atoms with Crippen LogP contribution in [-0.2, 0) is 0 Å². The standard InChI is InChI=1S/C9H13N3S/c1-4-12(5-2)9-8(6-10)13-7(3)11-9/h4-5H2,1-3H3. The van der Waals surface area contributed by atoms with E-state index in [-0.39, 0.29) is 0 Å². The zero-order valence-electron chi connectivity index (χ0n) is 8.16. The summed E-state index contributed by atoms with van der Waals surface area (Å²) in [6.07, 6.45) is 0. The molecule has 0 aromatic carbocycles. The van der Waals surface area contributed by atoms with Crippen molar-refractivity contribution in [3.05, 3.63) is 9.88 Å². The number of nitrogens with zero attached hydrogens (tertiary/aromatic N) is 3. The smallest absolute Gasteiger partial charge is 0.158 e. The maximum atomic E-state index is 8.87. The summed E-state index contributed by atoms with van der Waals surface area (Å²) >= 11 is 1.46. The minimum Gasteiger partial charge on any atom is -0.355 e. The molecular formula is C9H13N3S. The summed E-state index contributed by atoms with van der Waals surface area (Å²) in [6, 6.07) is 2.18. The van der Waals surface area contributed by atoms with Gasteiger partial charge in [0.15, 0.2) is 5.82 Å². The molecule has 3 nitrogen and oxygen atoms in total. The molecule has 1 aromatic rings. The van der Waals surface area contributed by atoms with E-state index in [0.29, 0.717) is 0 Å². The Morgan fingerprint density at radius 1 is 1.46 bits per heavy atom. The van der Waals surface area contributed by atoms with Gasteiger partial charge in [-0.25, -0.2) is 4.98 Å². The molecule has 0 N–H and O–H groups in total. The Labute approximate surface area is 82.6 Å². The molecule has 0 saturated heterocycles. The number of hydrogen-bond acceptors (Lipinski definition) is 4. The fourth-order valence-corrected chi connectivity index (χ4v) is 1.97. The highest BCUT2D eigenvalue weighted by atomic mass is 32.1. The number of aryl methyl sites for hydroxylation is 1. The van der Waals surface area contributed by atoms with Gasteiger partial charge in [-0.2, -0.15) is 5.26 Å². The molecular weight excluding hydrogens is 182 g/mol. The van der Waals surface area contributed by atoms with Crippen molar-refractivity contribution in [2.24, 2.45) is 0 Å². The third-order valence-corrected chi connectivity index (χ3v) is 2.75. The van der Waals surface area contributed by atoms with E-state index in [1.54, 1.807) is 0 Å². The Hall–Kier alpha value is -1.08. The quantitative estimate of drug-likeness (QED) is 0.742. The maximum absolute atomic E-state index is 8.87. The lowest BCUT2D eigenvalue weighted by atomic mass is 10.4. The van der Waals surface area contributed by atoms with Crippen LogP contribution in [0.25, 0.3) is 0 Å². The normalized spacial score (nSPS) is 9.69. The minimum atomic E-state index is 0.723. The van der Waals surface area contributed by atoms with Gasteiger partial charge < -0.3 is 4.90 Å². The van der Waals surface area contributed by atoms with Crippen LogP contribution in [0.3, 0.4) is 0 Å². The van der Waals surface area contributed by atoms with E-state index in [4.69, 9.17) is 5.26 Å². The van der Waals surface area contributed by atoms with E-state index in [2.05, 4.69) is 29.8 Å². The highest BCUT2D eigenvalue weighted by Gasteiger charge is 2.12. The number of nitriles is 1. The molecule has 0 amide bonds. The van der Waals surface area contributed by atoms with Crippen molar-refractivity contribution in [3.8, 4) is 6.07 Å². The average molecular weight is 195 g/mol. The molecule has 0 aliphatic carbocycles. The van der Waals surface area contributed by atoms with E-state index >= 15 is 0 Å². The first-order valence-corrected chi connectivity index (χ1v) is 5.17. The highest BCUT2D eigenvalue weighted by molar-refractivity contribution is 7.12. The minimum absolute atomic E-state index is 0.723. The second-order valence-electron chi connectivity index (χ2n) is 2.67. The van der Waals surface area contributed by atoms with E-state index in [0.717, 1.165) is 28.8 Å². The van der Waals surface area contributed by atoms with Crippen molar-refractivity contribution in [2.75, 3.05) is 18.0 Å². The Balaban J connectivity index is 3.05. The van der Waals surface area contributed by atoms with E-state index in [9.17, 15) is 0 Å². The molecule has 0 fully saturated rings. The zero-order valence-corrected chi connectivity index (χ0v) is 8.98. The van der Waals surface area contributed by atoms with Crippen LogP contribution in [0, 0.1) is 18.3 Å². The lowest BCUT2D eigenvalue weighted by Gasteiger charge is -2.17. The van der Waals surface area contributed by atoms with Gasteiger partial charge in [0.05, 0.1) is 5.01 Å². The van der Waals surface area contributed by atoms with Crippen LogP contribution in [0.15, 0.2) is 0 Å². The molecule has 1 heterocycles. The van der Waals surface area contributed by atoms with Gasteiger partial charge in [-0.1, -0.05) is 0 Å². The second kappa shape index (κ2) is 4.24. The Morgan fingerprint density at radius 3 is 2.54 bits per heavy atom. The first-order chi connectivity index (χ1) is 6.22. The summed E-state index contributed by atoms with van der Waals surface area (Å²) in [6.45, 7) is 7.86. The summed E-state index contributed by atoms with van der Waals surface area (Å²) in [5, 5.41) is 9.82. The molecule has 13 heavy (non-hydrogen) atoms. The monoisotopic (exact) mass is 195 g/mol. The van der Waals surface area contributed by atoms with Gasteiger partial charge in [-0.15, -0.1) is 11.3 Å². The molecule has 0 aliphatic heterocycles. The van der Waals surface area contributed by atoms with E-state index in [1.165, 1.54) is 11.3 Å². The molecule has 0 saturated carbocycles. The summed E-state index contributed by atoms with van der Waals surface area (Å²) in [5.41, 5.74) is 0. The van der Waals surface area contributed by atoms with Crippen molar-refractivity contribution in [2.45, 2.75) is 20.8 Å². The summed E-state index contributed by atoms with van der Waals surface area (Å²) in [7, 11) is 0. The third kappa shape index (κ3) is 1.99. The molecule has 4 heteroatoms. The van der Waals surface area contributed by atoms with Crippen LogP contribution in [0.2, 0.25) is 0 Å². The van der Waals surface area contributed by atoms with Crippen LogP contribution in [0.4, 0.5) is 5.82 Å². The molecule has 0 aliphatic rings. The largest absolute Gasteiger partial charge is 0.355 e. The Bertz CT molecular complexity index is 320. The molecule has 1 aromatic heterocycles. The molecule has 0 atom stereocenters. The molecule has 0 radical (unpaired) electrons. The van der Waals surface area contributed by atoms with Gasteiger partial charge in [0, 0.05) is 13.1 Å². The fraction of sp³-hybridized carbons (Fsp3) is 0.556. The molecule has 1 rings (SSSR count). The molecule has 0 unspecified atom stereocenters. The van der Waals surface area contributed by atoms with Gasteiger partial charge in [0.1, 0.15) is 10.9 Å². The van der Waals surface area contributed by atoms with Crippen molar-refractivity contribution < 1.29 is 0 Å². The van der Waals surface area contributed by atoms with Gasteiger partial charge in [-0.05, 0) is 20.8 Å². The second-order valence-corrected chi connectivity index (χ2v) is 3.87. The van der Waals surface area contributed by atoms with Gasteiger partial charge >= 0.3 is 0 Å². The lowest BCUT2D eigenvalue weighted by molar-refractivity contribution is 0.847. The van der Waals surface area contributed by atoms with E-state index in [1.807, 2.05) is 6.92 Å². The first-order valence-electron chi connectivity index (χ1n) is 4.35. The average Bonchev–Trinajstić information content (AvgIpc) is 2.49. The predicted octanol–water partition coefficient (Wildman–Crippen LogP) is 2.17. The third-order valence-electron chi connectivity index (χ3n) is 1.88. The number of thiazole rings is 1. The van der Waals surface area contributed by atoms with Crippen molar-refractivity contribution in [1.29, 1.82) is 5.26 Å². The topological polar surface area (TPSA) is 39.9 Å². The van der Waals surface area contributed by atoms with Crippen molar-refractivity contribution in [3.63, 3.8) is 0 Å². The van der Waals surface area contributed by atoms with Crippen LogP contribution < -0.4 is 4.90 Å². The predicted molar refractivity (Wildman–Crippen MR) is 55.1 cm³/mol. The molecule has 70 valence electrons. The van der Waals surface area contributed by atoms with Gasteiger partial charge in [-0.3, -0.25) is 0 Å². The maximum Gasteiger partial charge on any atom is 0.158 e. The number of aromatic nitrogens is 1. The van der Waals surface area contributed by atoms with Crippen molar-refractivity contribution >= 4 is 17.2 Å². The number of anilines is 1. The van der Waals surface area contributed by atoms with Crippen LogP contribution in [-0.4, -0.2) is 18.1 Å². The van der Waals surface area contributed by atoms with Crippen LogP contribution >= 0.6 is 11.3 Å². The van der Waals surface area contributed by atoms with Crippen LogP contribution in [0.5, 0.6) is 0 Å². The SMILES string of the molecule is CCN(CC)c1nc(C)sc1C#N.